The second kappa shape index (κ2) is 2.34. The van der Waals surface area contributed by atoms with Crippen LogP contribution in [0.1, 0.15) is 0 Å². The van der Waals surface area contributed by atoms with Crippen molar-refractivity contribution in [1.29, 1.82) is 0 Å². The average molecular weight is 202 g/mol. The highest BCUT2D eigenvalue weighted by Gasteiger charge is 2.13. The topological polar surface area (TPSA) is 47.3 Å². The zero-order valence-electron chi connectivity index (χ0n) is 6.27. The summed E-state index contributed by atoms with van der Waals surface area (Å²) in [4.78, 5) is 0.662. The zero-order valence-corrected chi connectivity index (χ0v) is 7.91. The maximum absolute atomic E-state index is 11.0. The summed E-state index contributed by atoms with van der Waals surface area (Å²) in [6, 6.07) is 3.37. The molecule has 2 aromatic heterocycles. The fourth-order valence-corrected chi connectivity index (χ4v) is 2.29. The van der Waals surface area contributed by atoms with Gasteiger partial charge >= 0.3 is 0 Å². The molecular weight excluding hydrogens is 196 g/mol. The SMILES string of the molecule is CS(=O)(=O)c1cc2ccsc2o1. The van der Waals surface area contributed by atoms with Gasteiger partial charge in [-0.3, -0.25) is 0 Å². The molecule has 0 fully saturated rings. The Morgan fingerprint density at radius 1 is 1.50 bits per heavy atom. The minimum absolute atomic E-state index is 0.0457. The van der Waals surface area contributed by atoms with Crippen molar-refractivity contribution in [3.8, 4) is 0 Å². The van der Waals surface area contributed by atoms with Gasteiger partial charge in [0.15, 0.2) is 4.90 Å². The number of thiophene rings is 1. The molecule has 64 valence electrons. The third-order valence-corrected chi connectivity index (χ3v) is 3.23. The molecule has 0 atom stereocenters. The second-order valence-electron chi connectivity index (χ2n) is 2.50. The van der Waals surface area contributed by atoms with Crippen LogP contribution in [0, 0.1) is 0 Å². The van der Waals surface area contributed by atoms with Crippen molar-refractivity contribution >= 4 is 31.5 Å². The summed E-state index contributed by atoms with van der Waals surface area (Å²) in [5.74, 6) is 0. The molecule has 0 saturated heterocycles. The molecule has 0 unspecified atom stereocenters. The molecule has 0 saturated carbocycles. The number of hydrogen-bond donors (Lipinski definition) is 0. The van der Waals surface area contributed by atoms with E-state index in [0.29, 0.717) is 4.90 Å². The maximum atomic E-state index is 11.0. The summed E-state index contributed by atoms with van der Waals surface area (Å²) in [7, 11) is -3.19. The molecule has 0 N–H and O–H groups in total. The van der Waals surface area contributed by atoms with E-state index in [2.05, 4.69) is 0 Å². The van der Waals surface area contributed by atoms with Crippen LogP contribution in [0.5, 0.6) is 0 Å². The van der Waals surface area contributed by atoms with Crippen LogP contribution in [0.15, 0.2) is 27.0 Å². The van der Waals surface area contributed by atoms with Crippen molar-refractivity contribution in [3.05, 3.63) is 17.5 Å². The van der Waals surface area contributed by atoms with E-state index in [1.165, 1.54) is 11.3 Å². The quantitative estimate of drug-likeness (QED) is 0.709. The Morgan fingerprint density at radius 3 is 2.83 bits per heavy atom. The lowest BCUT2D eigenvalue weighted by Crippen LogP contribution is -1.93. The molecule has 0 amide bonds. The molecule has 0 aliphatic carbocycles. The van der Waals surface area contributed by atoms with Gasteiger partial charge < -0.3 is 4.42 Å². The summed E-state index contributed by atoms with van der Waals surface area (Å²) in [6.07, 6.45) is 1.13. The summed E-state index contributed by atoms with van der Waals surface area (Å²) in [5, 5.41) is 2.75. The van der Waals surface area contributed by atoms with Gasteiger partial charge in [-0.25, -0.2) is 8.42 Å². The monoisotopic (exact) mass is 202 g/mol. The standard InChI is InChI=1S/C7H6O3S2/c1-12(8,9)6-4-5-2-3-11-7(5)10-6/h2-4H,1H3. The third-order valence-electron chi connectivity index (χ3n) is 1.49. The molecule has 0 aliphatic heterocycles. The Morgan fingerprint density at radius 2 is 2.25 bits per heavy atom. The third kappa shape index (κ3) is 1.15. The summed E-state index contributed by atoms with van der Waals surface area (Å²) >= 11 is 1.39. The lowest BCUT2D eigenvalue weighted by atomic mass is 10.4. The second-order valence-corrected chi connectivity index (χ2v) is 5.33. The Labute approximate surface area is 73.5 Å². The van der Waals surface area contributed by atoms with E-state index in [1.54, 1.807) is 6.07 Å². The van der Waals surface area contributed by atoms with Gasteiger partial charge in [0.1, 0.15) is 0 Å². The molecule has 2 heterocycles. The van der Waals surface area contributed by atoms with Gasteiger partial charge in [0, 0.05) is 17.7 Å². The van der Waals surface area contributed by atoms with E-state index >= 15 is 0 Å². The fraction of sp³-hybridized carbons (Fsp3) is 0.143. The van der Waals surface area contributed by atoms with Crippen molar-refractivity contribution in [2.75, 3.05) is 6.26 Å². The predicted octanol–water partition coefficient (Wildman–Crippen LogP) is 1.90. The Bertz CT molecular complexity index is 475. The number of hydrogen-bond acceptors (Lipinski definition) is 4. The maximum Gasteiger partial charge on any atom is 0.220 e. The highest BCUT2D eigenvalue weighted by molar-refractivity contribution is 7.90. The van der Waals surface area contributed by atoms with Crippen LogP contribution in [-0.4, -0.2) is 14.7 Å². The minimum atomic E-state index is -3.19. The lowest BCUT2D eigenvalue weighted by Gasteiger charge is -1.87. The normalized spacial score (nSPS) is 12.4. The fourth-order valence-electron chi connectivity index (χ4n) is 0.926. The van der Waals surface area contributed by atoms with E-state index in [1.807, 2.05) is 11.4 Å². The Kier molecular flexibility index (Phi) is 1.52. The summed E-state index contributed by atoms with van der Waals surface area (Å²) < 4.78 is 27.1. The summed E-state index contributed by atoms with van der Waals surface area (Å²) in [6.45, 7) is 0. The van der Waals surface area contributed by atoms with E-state index in [9.17, 15) is 8.42 Å². The van der Waals surface area contributed by atoms with Gasteiger partial charge in [0.25, 0.3) is 0 Å². The number of furan rings is 1. The molecule has 0 bridgehead atoms. The van der Waals surface area contributed by atoms with Gasteiger partial charge in [0.2, 0.25) is 14.9 Å². The van der Waals surface area contributed by atoms with Crippen LogP contribution >= 0.6 is 11.3 Å². The first-order valence-electron chi connectivity index (χ1n) is 3.24. The minimum Gasteiger partial charge on any atom is -0.434 e. The van der Waals surface area contributed by atoms with Crippen molar-refractivity contribution in [3.63, 3.8) is 0 Å². The Balaban J connectivity index is 2.75. The molecule has 0 aromatic carbocycles. The predicted molar refractivity (Wildman–Crippen MR) is 47.2 cm³/mol. The highest BCUT2D eigenvalue weighted by Crippen LogP contribution is 2.26. The molecule has 0 spiro atoms. The molecule has 2 rings (SSSR count). The molecule has 5 heteroatoms. The largest absolute Gasteiger partial charge is 0.434 e. The lowest BCUT2D eigenvalue weighted by molar-refractivity contribution is 0.489. The average Bonchev–Trinajstić information content (AvgIpc) is 2.37. The first-order chi connectivity index (χ1) is 5.57. The smallest absolute Gasteiger partial charge is 0.220 e. The van der Waals surface area contributed by atoms with Crippen molar-refractivity contribution in [2.45, 2.75) is 5.09 Å². The molecule has 3 nitrogen and oxygen atoms in total. The van der Waals surface area contributed by atoms with Crippen molar-refractivity contribution < 1.29 is 12.8 Å². The molecule has 2 aromatic rings. The summed E-state index contributed by atoms with van der Waals surface area (Å²) in [5.41, 5.74) is 0. The van der Waals surface area contributed by atoms with Crippen LogP contribution in [0.25, 0.3) is 10.3 Å². The molecule has 0 aliphatic rings. The zero-order chi connectivity index (χ0) is 8.77. The van der Waals surface area contributed by atoms with Gasteiger partial charge in [0.05, 0.1) is 0 Å². The first kappa shape index (κ1) is 7.82. The van der Waals surface area contributed by atoms with Crippen LogP contribution in [-0.2, 0) is 9.84 Å². The van der Waals surface area contributed by atoms with Gasteiger partial charge in [-0.2, -0.15) is 0 Å². The van der Waals surface area contributed by atoms with E-state index in [0.717, 1.165) is 11.6 Å². The molecule has 12 heavy (non-hydrogen) atoms. The number of sulfone groups is 1. The van der Waals surface area contributed by atoms with Crippen LogP contribution in [0.3, 0.4) is 0 Å². The number of fused-ring (bicyclic) bond motifs is 1. The van der Waals surface area contributed by atoms with Gasteiger partial charge in [-0.1, -0.05) is 0 Å². The molecule has 0 radical (unpaired) electrons. The van der Waals surface area contributed by atoms with Crippen molar-refractivity contribution in [1.82, 2.24) is 0 Å². The number of rotatable bonds is 1. The molecular formula is C7H6O3S2. The van der Waals surface area contributed by atoms with Crippen molar-refractivity contribution in [2.24, 2.45) is 0 Å². The van der Waals surface area contributed by atoms with E-state index in [4.69, 9.17) is 4.42 Å². The highest BCUT2D eigenvalue weighted by atomic mass is 32.2. The van der Waals surface area contributed by atoms with Gasteiger partial charge in [-0.05, 0) is 11.4 Å². The van der Waals surface area contributed by atoms with E-state index in [-0.39, 0.29) is 5.09 Å². The van der Waals surface area contributed by atoms with E-state index < -0.39 is 9.84 Å². The van der Waals surface area contributed by atoms with Crippen LogP contribution in [0.4, 0.5) is 0 Å². The van der Waals surface area contributed by atoms with Crippen LogP contribution in [0.2, 0.25) is 0 Å². The first-order valence-corrected chi connectivity index (χ1v) is 6.01. The van der Waals surface area contributed by atoms with Gasteiger partial charge in [-0.15, -0.1) is 11.3 Å². The van der Waals surface area contributed by atoms with Crippen LogP contribution < -0.4 is 0 Å². The Hall–Kier alpha value is -0.810.